The Kier molecular flexibility index (Phi) is 2.32. The van der Waals surface area contributed by atoms with E-state index in [0.29, 0.717) is 5.75 Å². The second kappa shape index (κ2) is 2.30. The predicted octanol–water partition coefficient (Wildman–Crippen LogP) is 0.652. The summed E-state index contributed by atoms with van der Waals surface area (Å²) in [6.07, 6.45) is 0. The third kappa shape index (κ3) is 4.05. The van der Waals surface area contributed by atoms with Gasteiger partial charge in [-0.3, -0.25) is 0 Å². The van der Waals surface area contributed by atoms with Crippen molar-refractivity contribution in [1.29, 1.82) is 0 Å². The van der Waals surface area contributed by atoms with Crippen LogP contribution in [-0.4, -0.2) is 16.2 Å². The molecule has 0 heterocycles. The minimum absolute atomic E-state index is 0.417. The van der Waals surface area contributed by atoms with E-state index in [2.05, 4.69) is 12.8 Å². The van der Waals surface area contributed by atoms with Crippen molar-refractivity contribution in [2.24, 2.45) is 0 Å². The zero-order valence-electron chi connectivity index (χ0n) is 2.94. The van der Waals surface area contributed by atoms with Gasteiger partial charge in [0.25, 0.3) is 0 Å². The van der Waals surface area contributed by atoms with Gasteiger partial charge < -0.3 is 4.55 Å². The second-order valence-corrected chi connectivity index (χ2v) is 1.93. The molecule has 0 rings (SSSR count). The summed E-state index contributed by atoms with van der Waals surface area (Å²) in [5.74, 6) is 3.58. The highest BCUT2D eigenvalue weighted by atomic mass is 32.2. The summed E-state index contributed by atoms with van der Waals surface area (Å²) in [6.45, 7) is 3.32. The maximum Gasteiger partial charge on any atom is 0.113 e. The second-order valence-electron chi connectivity index (χ2n) is 0.644. The monoisotopic (exact) mass is 90.0 g/mol. The molecule has 0 aromatic rings. The first-order valence-electron chi connectivity index (χ1n) is 1.24. The topological polar surface area (TPSA) is 23.1 Å². The third-order valence-electron chi connectivity index (χ3n) is 0.228. The summed E-state index contributed by atoms with van der Waals surface area (Å²) in [5, 5.41) is 0. The summed E-state index contributed by atoms with van der Waals surface area (Å²) in [5.41, 5.74) is 0. The minimum Gasteiger partial charge on any atom is -0.800 e. The Morgan fingerprint density at radius 1 is 2.00 bits per heavy atom. The molecule has 2 heteroatoms. The first-order valence-corrected chi connectivity index (χ1v) is 2.73. The average Bonchev–Trinajstić information content (AvgIpc) is 1.38. The summed E-state index contributed by atoms with van der Waals surface area (Å²) in [6, 6.07) is 0. The molecule has 0 saturated carbocycles. The van der Waals surface area contributed by atoms with E-state index in [1.807, 2.05) is 0 Å². The number of hydrogen-bond donors (Lipinski definition) is 0. The van der Waals surface area contributed by atoms with Crippen LogP contribution in [0.15, 0.2) is 0 Å². The zero-order chi connectivity index (χ0) is 4.28. The fourth-order valence-electron chi connectivity index (χ4n) is 0. The number of hydrogen-bond acceptors (Lipinski definition) is 1. The van der Waals surface area contributed by atoms with E-state index in [0.717, 1.165) is 0 Å². The van der Waals surface area contributed by atoms with Crippen molar-refractivity contribution in [3.63, 3.8) is 0 Å². The lowest BCUT2D eigenvalue weighted by atomic mass is 11.0. The first kappa shape index (κ1) is 5.05. The molecule has 0 aliphatic heterocycles. The lowest BCUT2D eigenvalue weighted by molar-refractivity contribution is 0.619. The van der Waals surface area contributed by atoms with Gasteiger partial charge in [0.1, 0.15) is 5.75 Å². The van der Waals surface area contributed by atoms with Crippen LogP contribution in [0.1, 0.15) is 0 Å². The fraction of sp³-hybridized carbons (Fsp3) is 0.333. The maximum absolute atomic E-state index is 9.75. The van der Waals surface area contributed by atoms with Gasteiger partial charge in [0.05, 0.1) is 6.92 Å². The van der Waals surface area contributed by atoms with Crippen LogP contribution in [0, 0.1) is 6.92 Å². The van der Waals surface area contributed by atoms with Crippen LogP contribution < -0.4 is 0 Å². The van der Waals surface area contributed by atoms with Crippen molar-refractivity contribution in [2.75, 3.05) is 5.75 Å². The van der Waals surface area contributed by atoms with Gasteiger partial charge in [-0.25, -0.2) is 10.8 Å². The molecule has 0 bridgehead atoms. The third-order valence-corrected chi connectivity index (χ3v) is 0.683. The van der Waals surface area contributed by atoms with Gasteiger partial charge in [0, 0.05) is 0 Å². The van der Waals surface area contributed by atoms with Crippen molar-refractivity contribution >= 4 is 16.6 Å². The lowest BCUT2D eigenvalue weighted by Crippen LogP contribution is -1.64. The molecule has 0 aromatic heterocycles. The molecule has 0 saturated heterocycles. The molecule has 0 amide bonds. The van der Waals surface area contributed by atoms with Gasteiger partial charge in [-0.2, -0.15) is 0 Å². The molecule has 0 N–H and O–H groups in total. The minimum atomic E-state index is -0.934. The van der Waals surface area contributed by atoms with Gasteiger partial charge in [0.2, 0.25) is 0 Å². The molecule has 1 atom stereocenters. The Morgan fingerprint density at radius 3 is 2.20 bits per heavy atom. The van der Waals surface area contributed by atoms with E-state index in [1.165, 1.54) is 0 Å². The highest BCUT2D eigenvalue weighted by molar-refractivity contribution is 8.09. The van der Waals surface area contributed by atoms with Gasteiger partial charge in [-0.15, -0.1) is 0 Å². The first-order chi connectivity index (χ1) is 2.27. The lowest BCUT2D eigenvalue weighted by Gasteiger charge is -1.98. The standard InChI is InChI=1S/C3H6OS/c1-3-5(2)4/h1-3H2. The van der Waals surface area contributed by atoms with Gasteiger partial charge in [0.15, 0.2) is 0 Å². The molecule has 0 fully saturated rings. The Bertz CT molecular complexity index is 42.2. The zero-order valence-corrected chi connectivity index (χ0v) is 3.75. The van der Waals surface area contributed by atoms with Gasteiger partial charge >= 0.3 is 0 Å². The smallest absolute Gasteiger partial charge is 0.113 e. The van der Waals surface area contributed by atoms with Crippen LogP contribution >= 0.6 is 10.8 Å². The fourth-order valence-corrected chi connectivity index (χ4v) is 0. The van der Waals surface area contributed by atoms with Crippen molar-refractivity contribution in [2.45, 2.75) is 0 Å². The van der Waals surface area contributed by atoms with E-state index < -0.39 is 10.8 Å². The van der Waals surface area contributed by atoms with Crippen LogP contribution in [0.5, 0.6) is 0 Å². The van der Waals surface area contributed by atoms with Crippen molar-refractivity contribution in [3.05, 3.63) is 6.92 Å². The van der Waals surface area contributed by atoms with E-state index in [1.54, 1.807) is 0 Å². The molecule has 0 radical (unpaired) electrons. The van der Waals surface area contributed by atoms with Gasteiger partial charge in [-0.05, 0) is 0 Å². The number of rotatable bonds is 1. The van der Waals surface area contributed by atoms with E-state index in [9.17, 15) is 4.55 Å². The van der Waals surface area contributed by atoms with Crippen molar-refractivity contribution < 1.29 is 4.55 Å². The molecular formula is C3H6OS. The van der Waals surface area contributed by atoms with E-state index in [-0.39, 0.29) is 0 Å². The molecule has 30 valence electrons. The van der Waals surface area contributed by atoms with Crippen molar-refractivity contribution in [3.8, 4) is 0 Å². The normalized spacial score (nSPS) is 14.6. The van der Waals surface area contributed by atoms with Crippen LogP contribution in [0.25, 0.3) is 0 Å². The largest absolute Gasteiger partial charge is 0.800 e. The molecule has 5 heavy (non-hydrogen) atoms. The van der Waals surface area contributed by atoms with E-state index >= 15 is 0 Å². The molecule has 1 nitrogen and oxygen atoms in total. The van der Waals surface area contributed by atoms with Crippen molar-refractivity contribution in [1.82, 2.24) is 0 Å². The summed E-state index contributed by atoms with van der Waals surface area (Å²) in [7, 11) is -0.934. The summed E-state index contributed by atoms with van der Waals surface area (Å²) >= 11 is 0. The summed E-state index contributed by atoms with van der Waals surface area (Å²) < 4.78 is 9.75. The molecule has 0 aromatic carbocycles. The Balaban J connectivity index is 2.85. The molecule has 0 aliphatic rings. The SMILES string of the molecule is C=S([O-])C[CH2+]. The Hall–Kier alpha value is 0.0500. The molecular weight excluding hydrogens is 84.1 g/mol. The average molecular weight is 90.1 g/mol. The Labute approximate surface area is 34.8 Å². The Morgan fingerprint density at radius 2 is 2.20 bits per heavy atom. The highest BCUT2D eigenvalue weighted by Crippen LogP contribution is 1.94. The quantitative estimate of drug-likeness (QED) is 0.342. The highest BCUT2D eigenvalue weighted by Gasteiger charge is 1.62. The molecule has 0 spiro atoms. The van der Waals surface area contributed by atoms with E-state index in [4.69, 9.17) is 0 Å². The van der Waals surface area contributed by atoms with Crippen LogP contribution in [0.2, 0.25) is 0 Å². The molecule has 1 unspecified atom stereocenters. The van der Waals surface area contributed by atoms with Crippen LogP contribution in [-0.2, 0) is 0 Å². The van der Waals surface area contributed by atoms with Crippen LogP contribution in [0.4, 0.5) is 0 Å². The predicted molar refractivity (Wildman–Crippen MR) is 25.7 cm³/mol. The molecule has 0 aliphatic carbocycles. The maximum atomic E-state index is 9.75. The van der Waals surface area contributed by atoms with Crippen LogP contribution in [0.3, 0.4) is 0 Å². The van der Waals surface area contributed by atoms with Gasteiger partial charge in [-0.1, -0.05) is 5.87 Å². The summed E-state index contributed by atoms with van der Waals surface area (Å²) in [4.78, 5) is 0.